The molecule has 0 atom stereocenters. The molecule has 34 heavy (non-hydrogen) atoms. The van der Waals surface area contributed by atoms with Gasteiger partial charge in [-0.15, -0.1) is 0 Å². The molecule has 0 fully saturated rings. The Labute approximate surface area is 199 Å². The molecule has 0 amide bonds. The van der Waals surface area contributed by atoms with Gasteiger partial charge in [-0.1, -0.05) is 115 Å². The Morgan fingerprint density at radius 1 is 0.382 bits per heavy atom. The molecular weight excluding hydrogens is 412 g/mol. The highest BCUT2D eigenvalue weighted by Gasteiger charge is 2.13. The molecule has 160 valence electrons. The number of rotatable bonds is 4. The van der Waals surface area contributed by atoms with Gasteiger partial charge in [-0.3, -0.25) is 0 Å². The summed E-state index contributed by atoms with van der Waals surface area (Å²) >= 11 is 0. The summed E-state index contributed by atoms with van der Waals surface area (Å²) in [5.74, 6) is 0.728. The van der Waals surface area contributed by atoms with Crippen LogP contribution in [-0.2, 0) is 0 Å². The topological polar surface area (TPSA) is 25.8 Å². The van der Waals surface area contributed by atoms with Crippen LogP contribution in [-0.4, -0.2) is 9.97 Å². The van der Waals surface area contributed by atoms with Crippen LogP contribution in [0.5, 0.6) is 0 Å². The summed E-state index contributed by atoms with van der Waals surface area (Å²) in [5.41, 5.74) is 7.39. The van der Waals surface area contributed by atoms with E-state index < -0.39 is 0 Å². The first-order chi connectivity index (χ1) is 16.8. The third-order valence-corrected chi connectivity index (χ3v) is 6.07. The lowest BCUT2D eigenvalue weighted by Gasteiger charge is -2.13. The molecule has 0 saturated heterocycles. The Hall–Kier alpha value is -4.56. The third kappa shape index (κ3) is 3.87. The van der Waals surface area contributed by atoms with Crippen LogP contribution < -0.4 is 0 Å². The zero-order chi connectivity index (χ0) is 22.7. The minimum Gasteiger partial charge on any atom is -0.228 e. The normalized spacial score (nSPS) is 10.9. The average molecular weight is 435 g/mol. The van der Waals surface area contributed by atoms with Crippen LogP contribution in [0.3, 0.4) is 0 Å². The maximum atomic E-state index is 5.03. The quantitative estimate of drug-likeness (QED) is 0.279. The maximum absolute atomic E-state index is 5.03. The van der Waals surface area contributed by atoms with Gasteiger partial charge in [0.2, 0.25) is 0 Å². The van der Waals surface area contributed by atoms with Crippen LogP contribution in [0.2, 0.25) is 0 Å². The van der Waals surface area contributed by atoms with Crippen LogP contribution in [0, 0.1) is 0 Å². The summed E-state index contributed by atoms with van der Waals surface area (Å²) in [4.78, 5) is 9.96. The van der Waals surface area contributed by atoms with E-state index in [4.69, 9.17) is 9.97 Å². The lowest BCUT2D eigenvalue weighted by Crippen LogP contribution is -1.96. The van der Waals surface area contributed by atoms with Crippen molar-refractivity contribution in [3.05, 3.63) is 133 Å². The Bertz CT molecular complexity index is 1520. The molecule has 0 saturated carbocycles. The lowest BCUT2D eigenvalue weighted by molar-refractivity contribution is 1.18. The second kappa shape index (κ2) is 8.76. The highest BCUT2D eigenvalue weighted by atomic mass is 14.9. The molecule has 6 rings (SSSR count). The molecular formula is C32H22N2. The van der Waals surface area contributed by atoms with E-state index in [-0.39, 0.29) is 0 Å². The van der Waals surface area contributed by atoms with Gasteiger partial charge in [0.1, 0.15) is 0 Å². The highest BCUT2D eigenvalue weighted by Crippen LogP contribution is 2.35. The zero-order valence-electron chi connectivity index (χ0n) is 18.6. The molecule has 0 aliphatic carbocycles. The fraction of sp³-hybridized carbons (Fsp3) is 0. The first-order valence-corrected chi connectivity index (χ1v) is 11.4. The fourth-order valence-electron chi connectivity index (χ4n) is 4.38. The van der Waals surface area contributed by atoms with Crippen LogP contribution in [0.4, 0.5) is 0 Å². The molecule has 0 aliphatic rings. The van der Waals surface area contributed by atoms with Crippen molar-refractivity contribution in [3.8, 4) is 45.0 Å². The Kier molecular flexibility index (Phi) is 5.17. The first-order valence-electron chi connectivity index (χ1n) is 11.4. The van der Waals surface area contributed by atoms with Crippen molar-refractivity contribution in [2.75, 3.05) is 0 Å². The first kappa shape index (κ1) is 20.1. The van der Waals surface area contributed by atoms with Crippen molar-refractivity contribution in [2.24, 2.45) is 0 Å². The van der Waals surface area contributed by atoms with E-state index in [1.165, 1.54) is 21.9 Å². The van der Waals surface area contributed by atoms with Crippen LogP contribution >= 0.6 is 0 Å². The van der Waals surface area contributed by atoms with Gasteiger partial charge in [-0.2, -0.15) is 0 Å². The van der Waals surface area contributed by atoms with E-state index >= 15 is 0 Å². The molecule has 0 spiro atoms. The average Bonchev–Trinajstić information content (AvgIpc) is 2.93. The largest absolute Gasteiger partial charge is 0.228 e. The van der Waals surface area contributed by atoms with Crippen molar-refractivity contribution >= 4 is 10.8 Å². The smallest absolute Gasteiger partial charge is 0.160 e. The van der Waals surface area contributed by atoms with E-state index in [9.17, 15) is 0 Å². The summed E-state index contributed by atoms with van der Waals surface area (Å²) in [6, 6.07) is 46.2. The maximum Gasteiger partial charge on any atom is 0.160 e. The van der Waals surface area contributed by atoms with Gasteiger partial charge in [0, 0.05) is 16.7 Å². The van der Waals surface area contributed by atoms with E-state index in [0.717, 1.165) is 33.9 Å². The molecule has 0 radical (unpaired) electrons. The van der Waals surface area contributed by atoms with Gasteiger partial charge >= 0.3 is 0 Å². The number of hydrogen-bond donors (Lipinski definition) is 0. The highest BCUT2D eigenvalue weighted by molar-refractivity contribution is 6.00. The van der Waals surface area contributed by atoms with E-state index in [0.29, 0.717) is 0 Å². The minimum atomic E-state index is 0.728. The Balaban J connectivity index is 1.61. The number of fused-ring (bicyclic) bond motifs is 1. The number of aromatic nitrogens is 2. The van der Waals surface area contributed by atoms with Gasteiger partial charge in [0.05, 0.1) is 11.4 Å². The van der Waals surface area contributed by atoms with Crippen molar-refractivity contribution in [1.82, 2.24) is 9.97 Å². The predicted octanol–water partition coefficient (Wildman–Crippen LogP) is 8.30. The van der Waals surface area contributed by atoms with Gasteiger partial charge in [-0.05, 0) is 40.1 Å². The summed E-state index contributed by atoms with van der Waals surface area (Å²) in [7, 11) is 0. The lowest BCUT2D eigenvalue weighted by atomic mass is 9.94. The minimum absolute atomic E-state index is 0.728. The molecule has 0 unspecified atom stereocenters. The molecule has 1 heterocycles. The number of hydrogen-bond acceptors (Lipinski definition) is 2. The molecule has 2 nitrogen and oxygen atoms in total. The van der Waals surface area contributed by atoms with Crippen LogP contribution in [0.1, 0.15) is 0 Å². The summed E-state index contributed by atoms with van der Waals surface area (Å²) < 4.78 is 0. The predicted molar refractivity (Wildman–Crippen MR) is 141 cm³/mol. The van der Waals surface area contributed by atoms with Gasteiger partial charge in [0.25, 0.3) is 0 Å². The van der Waals surface area contributed by atoms with E-state index in [1.807, 2.05) is 36.4 Å². The van der Waals surface area contributed by atoms with E-state index in [1.54, 1.807) is 0 Å². The molecule has 6 aromatic rings. The van der Waals surface area contributed by atoms with Gasteiger partial charge < -0.3 is 0 Å². The third-order valence-electron chi connectivity index (χ3n) is 6.07. The summed E-state index contributed by atoms with van der Waals surface area (Å²) in [6.45, 7) is 0. The molecule has 0 bridgehead atoms. The molecule has 5 aromatic carbocycles. The number of nitrogens with zero attached hydrogens (tertiary/aromatic N) is 2. The molecule has 2 heteroatoms. The second-order valence-corrected chi connectivity index (χ2v) is 8.31. The van der Waals surface area contributed by atoms with Crippen LogP contribution in [0.15, 0.2) is 133 Å². The SMILES string of the molecule is c1ccc(-c2cc(-c3cc(-c4ccccc4)c4ccccc4c3)nc(-c3ccccc3)n2)cc1. The molecule has 0 N–H and O–H groups in total. The second-order valence-electron chi connectivity index (χ2n) is 8.31. The molecule has 0 aliphatic heterocycles. The fourth-order valence-corrected chi connectivity index (χ4v) is 4.38. The zero-order valence-corrected chi connectivity index (χ0v) is 18.6. The summed E-state index contributed by atoms with van der Waals surface area (Å²) in [6.07, 6.45) is 0. The standard InChI is InChI=1S/C32H22N2/c1-4-12-23(13-5-1)29-21-27(20-26-18-10-11-19-28(26)29)31-22-30(24-14-6-2-7-15-24)33-32(34-31)25-16-8-3-9-17-25/h1-22H. The molecule has 1 aromatic heterocycles. The van der Waals surface area contributed by atoms with Gasteiger partial charge in [0.15, 0.2) is 5.82 Å². The van der Waals surface area contributed by atoms with Gasteiger partial charge in [-0.25, -0.2) is 9.97 Å². The Morgan fingerprint density at radius 3 is 1.59 bits per heavy atom. The monoisotopic (exact) mass is 434 g/mol. The van der Waals surface area contributed by atoms with E-state index in [2.05, 4.69) is 97.1 Å². The number of benzene rings is 5. The van der Waals surface area contributed by atoms with Crippen molar-refractivity contribution in [1.29, 1.82) is 0 Å². The summed E-state index contributed by atoms with van der Waals surface area (Å²) in [5, 5.41) is 2.43. The van der Waals surface area contributed by atoms with Crippen LogP contribution in [0.25, 0.3) is 55.8 Å². The van der Waals surface area contributed by atoms with Crippen molar-refractivity contribution in [2.45, 2.75) is 0 Å². The van der Waals surface area contributed by atoms with Crippen molar-refractivity contribution < 1.29 is 0 Å². The van der Waals surface area contributed by atoms with Crippen molar-refractivity contribution in [3.63, 3.8) is 0 Å². The Morgan fingerprint density at radius 2 is 0.912 bits per heavy atom.